The maximum absolute atomic E-state index is 14.7. The monoisotopic (exact) mass is 408 g/mol. The smallest absolute Gasteiger partial charge is 0.165 e. The molecule has 0 spiro atoms. The van der Waals surface area contributed by atoms with Gasteiger partial charge in [-0.2, -0.15) is 5.10 Å². The van der Waals surface area contributed by atoms with E-state index in [4.69, 9.17) is 9.72 Å². The van der Waals surface area contributed by atoms with Gasteiger partial charge in [0.05, 0.1) is 12.2 Å². The molecule has 4 bridgehead atoms. The molecule has 1 aromatic carbocycles. The molecular weight excluding hydrogens is 383 g/mol. The van der Waals surface area contributed by atoms with Gasteiger partial charge in [-0.1, -0.05) is 0 Å². The van der Waals surface area contributed by atoms with Gasteiger partial charge in [-0.25, -0.2) is 13.9 Å². The third kappa shape index (κ3) is 3.11. The molecule has 30 heavy (non-hydrogen) atoms. The van der Waals surface area contributed by atoms with Gasteiger partial charge in [0.2, 0.25) is 0 Å². The molecule has 156 valence electrons. The van der Waals surface area contributed by atoms with Crippen LogP contribution in [0.3, 0.4) is 0 Å². The summed E-state index contributed by atoms with van der Waals surface area (Å²) in [5.74, 6) is 1.16. The van der Waals surface area contributed by atoms with Gasteiger partial charge in [0.15, 0.2) is 5.65 Å². The van der Waals surface area contributed by atoms with Crippen LogP contribution < -0.4 is 10.1 Å². The fraction of sp³-hybridized carbons (Fsp3) is 0.455. The minimum absolute atomic E-state index is 0.302. The molecule has 3 aliphatic rings. The average Bonchev–Trinajstić information content (AvgIpc) is 3.38. The third-order valence-corrected chi connectivity index (χ3v) is 6.65. The Labute approximate surface area is 174 Å². The standard InChI is InChI=1S/C22H25FN6O/c23-20-4-3-17-10-18(20)19-11-25-29-8-5-21(26-22(19)29)24-6-9-28-12-15-2-1-7-27(15)13-16(28)14-30-17/h3-5,8,10-11,15-16H,1-2,6-7,9,12-14H2,(H,24,26)/t15-,16-/m0/s1. The van der Waals surface area contributed by atoms with Gasteiger partial charge in [0, 0.05) is 49.5 Å². The molecule has 8 heteroatoms. The van der Waals surface area contributed by atoms with Gasteiger partial charge in [-0.3, -0.25) is 9.80 Å². The first-order chi connectivity index (χ1) is 14.7. The van der Waals surface area contributed by atoms with E-state index in [1.54, 1.807) is 22.8 Å². The minimum Gasteiger partial charge on any atom is -0.492 e. The molecule has 0 saturated carbocycles. The van der Waals surface area contributed by atoms with Gasteiger partial charge >= 0.3 is 0 Å². The molecule has 2 fully saturated rings. The molecule has 3 aliphatic heterocycles. The average molecular weight is 408 g/mol. The summed E-state index contributed by atoms with van der Waals surface area (Å²) in [5.41, 5.74) is 1.76. The van der Waals surface area contributed by atoms with Crippen LogP contribution in [0, 0.1) is 5.82 Å². The third-order valence-electron chi connectivity index (χ3n) is 6.65. The lowest BCUT2D eigenvalue weighted by Crippen LogP contribution is -2.58. The first-order valence-electron chi connectivity index (χ1n) is 10.7. The summed E-state index contributed by atoms with van der Waals surface area (Å²) in [6.07, 6.45) is 6.08. The largest absolute Gasteiger partial charge is 0.492 e. The highest BCUT2D eigenvalue weighted by Crippen LogP contribution is 2.31. The van der Waals surface area contributed by atoms with Gasteiger partial charge < -0.3 is 10.1 Å². The number of ether oxygens (including phenoxy) is 1. The molecule has 0 amide bonds. The van der Waals surface area contributed by atoms with Crippen LogP contribution in [0.4, 0.5) is 10.2 Å². The van der Waals surface area contributed by atoms with Crippen molar-refractivity contribution in [3.63, 3.8) is 0 Å². The lowest BCUT2D eigenvalue weighted by Gasteiger charge is -2.43. The zero-order chi connectivity index (χ0) is 20.1. The molecule has 2 aromatic heterocycles. The Hall–Kier alpha value is -2.71. The Kier molecular flexibility index (Phi) is 4.35. The van der Waals surface area contributed by atoms with Gasteiger partial charge in [0.1, 0.15) is 24.0 Å². The molecule has 0 unspecified atom stereocenters. The Bertz CT molecular complexity index is 1080. The lowest BCUT2D eigenvalue weighted by molar-refractivity contribution is 0.0301. The van der Waals surface area contributed by atoms with E-state index in [-0.39, 0.29) is 5.82 Å². The van der Waals surface area contributed by atoms with Crippen LogP contribution in [0.2, 0.25) is 0 Å². The van der Waals surface area contributed by atoms with E-state index in [1.807, 2.05) is 12.3 Å². The summed E-state index contributed by atoms with van der Waals surface area (Å²) in [7, 11) is 0. The van der Waals surface area contributed by atoms with Crippen molar-refractivity contribution in [3.05, 3.63) is 42.5 Å². The highest BCUT2D eigenvalue weighted by atomic mass is 19.1. The van der Waals surface area contributed by atoms with Crippen molar-refractivity contribution < 1.29 is 9.13 Å². The first-order valence-corrected chi connectivity index (χ1v) is 10.7. The second-order valence-corrected chi connectivity index (χ2v) is 8.46. The Morgan fingerprint density at radius 1 is 1.07 bits per heavy atom. The van der Waals surface area contributed by atoms with Crippen molar-refractivity contribution in [2.75, 3.05) is 44.6 Å². The van der Waals surface area contributed by atoms with Gasteiger partial charge in [0.25, 0.3) is 0 Å². The maximum atomic E-state index is 14.7. The number of nitrogens with one attached hydrogen (secondary N) is 1. The van der Waals surface area contributed by atoms with Crippen LogP contribution in [0.15, 0.2) is 36.7 Å². The number of piperazine rings is 1. The predicted molar refractivity (Wildman–Crippen MR) is 112 cm³/mol. The molecule has 5 heterocycles. The molecule has 6 rings (SSSR count). The van der Waals surface area contributed by atoms with Crippen LogP contribution in [0.1, 0.15) is 12.8 Å². The Morgan fingerprint density at radius 3 is 2.93 bits per heavy atom. The van der Waals surface area contributed by atoms with Crippen molar-refractivity contribution in [1.82, 2.24) is 24.4 Å². The summed E-state index contributed by atoms with van der Waals surface area (Å²) in [6.45, 7) is 5.62. The van der Waals surface area contributed by atoms with E-state index in [1.165, 1.54) is 25.5 Å². The number of benzene rings is 1. The SMILES string of the molecule is Fc1ccc2cc1-c1cnn3ccc(nc13)NCCN1C[C@@H]3CCCN3C[C@H]1CO2. The van der Waals surface area contributed by atoms with E-state index in [0.29, 0.717) is 41.2 Å². The maximum Gasteiger partial charge on any atom is 0.165 e. The van der Waals surface area contributed by atoms with Gasteiger partial charge in [-0.05, 0) is 43.7 Å². The molecule has 1 N–H and O–H groups in total. The summed E-state index contributed by atoms with van der Waals surface area (Å²) >= 11 is 0. The topological polar surface area (TPSA) is 57.9 Å². The van der Waals surface area contributed by atoms with Crippen molar-refractivity contribution in [2.45, 2.75) is 24.9 Å². The lowest BCUT2D eigenvalue weighted by atomic mass is 10.1. The molecule has 2 saturated heterocycles. The van der Waals surface area contributed by atoms with Crippen LogP contribution in [0.25, 0.3) is 16.8 Å². The fourth-order valence-corrected chi connectivity index (χ4v) is 5.06. The number of fused-ring (bicyclic) bond motifs is 6. The molecule has 3 aromatic rings. The molecule has 7 nitrogen and oxygen atoms in total. The zero-order valence-electron chi connectivity index (χ0n) is 16.8. The van der Waals surface area contributed by atoms with Crippen LogP contribution in [0.5, 0.6) is 5.75 Å². The highest BCUT2D eigenvalue weighted by molar-refractivity contribution is 5.78. The first kappa shape index (κ1) is 18.1. The van der Waals surface area contributed by atoms with Crippen molar-refractivity contribution in [1.29, 1.82) is 0 Å². The summed E-state index contributed by atoms with van der Waals surface area (Å²) in [4.78, 5) is 9.85. The minimum atomic E-state index is -0.302. The van der Waals surface area contributed by atoms with E-state index < -0.39 is 0 Å². The predicted octanol–water partition coefficient (Wildman–Crippen LogP) is 2.49. The number of hydrogen-bond donors (Lipinski definition) is 1. The number of hydrogen-bond acceptors (Lipinski definition) is 6. The number of anilines is 1. The summed E-state index contributed by atoms with van der Waals surface area (Å²) < 4.78 is 22.6. The summed E-state index contributed by atoms with van der Waals surface area (Å²) in [5, 5.41) is 7.79. The van der Waals surface area contributed by atoms with Crippen LogP contribution >= 0.6 is 0 Å². The normalized spacial score (nSPS) is 24.7. The zero-order valence-corrected chi connectivity index (χ0v) is 16.8. The van der Waals surface area contributed by atoms with Crippen LogP contribution in [-0.2, 0) is 0 Å². The second-order valence-electron chi connectivity index (χ2n) is 8.46. The molecule has 2 atom stereocenters. The molecular formula is C22H25FN6O. The highest BCUT2D eigenvalue weighted by Gasteiger charge is 2.36. The number of nitrogens with zero attached hydrogens (tertiary/aromatic N) is 5. The van der Waals surface area contributed by atoms with E-state index in [2.05, 4.69) is 20.2 Å². The van der Waals surface area contributed by atoms with Gasteiger partial charge in [-0.15, -0.1) is 0 Å². The fourth-order valence-electron chi connectivity index (χ4n) is 5.06. The van der Waals surface area contributed by atoms with E-state index >= 15 is 0 Å². The van der Waals surface area contributed by atoms with Crippen LogP contribution in [-0.4, -0.2) is 75.8 Å². The number of rotatable bonds is 0. The number of halogens is 1. The Morgan fingerprint density at radius 2 is 1.97 bits per heavy atom. The van der Waals surface area contributed by atoms with Crippen molar-refractivity contribution >= 4 is 11.5 Å². The van der Waals surface area contributed by atoms with Crippen molar-refractivity contribution in [2.24, 2.45) is 0 Å². The van der Waals surface area contributed by atoms with E-state index in [0.717, 1.165) is 32.0 Å². The molecule has 0 radical (unpaired) electrons. The quantitative estimate of drug-likeness (QED) is 0.617. The van der Waals surface area contributed by atoms with Crippen molar-refractivity contribution in [3.8, 4) is 16.9 Å². The summed E-state index contributed by atoms with van der Waals surface area (Å²) in [6, 6.07) is 7.84. The van der Waals surface area contributed by atoms with E-state index in [9.17, 15) is 4.39 Å². The Balaban J connectivity index is 1.39. The number of aromatic nitrogens is 3. The molecule has 0 aliphatic carbocycles. The second kappa shape index (κ2) is 7.21.